The van der Waals surface area contributed by atoms with Gasteiger partial charge in [-0.1, -0.05) is 0 Å². The van der Waals surface area contributed by atoms with Crippen molar-refractivity contribution in [3.63, 3.8) is 0 Å². The fourth-order valence-electron chi connectivity index (χ4n) is 2.52. The number of nitrogens with two attached hydrogens (primary N) is 1. The molecule has 0 aliphatic carbocycles. The van der Waals surface area contributed by atoms with Crippen molar-refractivity contribution in [3.05, 3.63) is 35.8 Å². The summed E-state index contributed by atoms with van der Waals surface area (Å²) in [6, 6.07) is 4.01. The maximum Gasteiger partial charge on any atom is 0.330 e. The molecule has 8 heteroatoms. The molecule has 1 aromatic heterocycles. The monoisotopic (exact) mass is 316 g/mol. The first-order valence-electron chi connectivity index (χ1n) is 7.23. The third kappa shape index (κ3) is 2.52. The summed E-state index contributed by atoms with van der Waals surface area (Å²) in [5.41, 5.74) is 6.97. The molecule has 23 heavy (non-hydrogen) atoms. The fraction of sp³-hybridized carbons (Fsp3) is 0.267. The molecule has 0 spiro atoms. The predicted octanol–water partition coefficient (Wildman–Crippen LogP) is 2.21. The molecule has 2 amide bonds. The van der Waals surface area contributed by atoms with Gasteiger partial charge < -0.3 is 11.1 Å². The van der Waals surface area contributed by atoms with Crippen LogP contribution in [0.3, 0.4) is 0 Å². The minimum atomic E-state index is -0.507. The quantitative estimate of drug-likeness (QED) is 0.848. The Labute approximate surface area is 132 Å². The molecule has 2 heterocycles. The Balaban J connectivity index is 2.04. The summed E-state index contributed by atoms with van der Waals surface area (Å²) < 4.78 is 13.4. The molecule has 0 atom stereocenters. The number of carbonyl (C=O) groups is 1. The zero-order valence-electron chi connectivity index (χ0n) is 12.9. The van der Waals surface area contributed by atoms with Gasteiger partial charge >= 0.3 is 6.03 Å². The normalized spacial score (nSPS) is 14.0. The van der Waals surface area contributed by atoms with E-state index in [2.05, 4.69) is 15.3 Å². The van der Waals surface area contributed by atoms with Gasteiger partial charge in [0.15, 0.2) is 0 Å². The van der Waals surface area contributed by atoms with Gasteiger partial charge in [-0.3, -0.25) is 9.80 Å². The van der Waals surface area contributed by atoms with Crippen LogP contribution in [0.2, 0.25) is 0 Å². The minimum absolute atomic E-state index is 0.00549. The summed E-state index contributed by atoms with van der Waals surface area (Å²) >= 11 is 0. The topological polar surface area (TPSA) is 87.4 Å². The Morgan fingerprint density at radius 2 is 2.22 bits per heavy atom. The highest BCUT2D eigenvalue weighted by Gasteiger charge is 2.32. The lowest BCUT2D eigenvalue weighted by atomic mass is 10.2. The second kappa shape index (κ2) is 5.71. The van der Waals surface area contributed by atoms with Gasteiger partial charge in [-0.05, 0) is 25.1 Å². The number of nitrogens with zero attached hydrogens (tertiary/aromatic N) is 4. The lowest BCUT2D eigenvalue weighted by molar-refractivity contribution is 0.250. The van der Waals surface area contributed by atoms with Crippen LogP contribution in [0, 0.1) is 5.82 Å². The Hall–Kier alpha value is -2.90. The summed E-state index contributed by atoms with van der Waals surface area (Å²) in [4.78, 5) is 24.4. The molecule has 3 N–H and O–H groups in total. The smallest absolute Gasteiger partial charge is 0.330 e. The number of amides is 2. The number of hydrogen-bond donors (Lipinski definition) is 2. The summed E-state index contributed by atoms with van der Waals surface area (Å²) in [7, 11) is 1.72. The minimum Gasteiger partial charge on any atom is -0.396 e. The molecule has 0 saturated heterocycles. The molecule has 0 saturated carbocycles. The van der Waals surface area contributed by atoms with Crippen LogP contribution >= 0.6 is 0 Å². The molecule has 3 rings (SSSR count). The lowest BCUT2D eigenvalue weighted by Gasteiger charge is -2.35. The average molecular weight is 316 g/mol. The van der Waals surface area contributed by atoms with Crippen LogP contribution in [0.4, 0.5) is 32.3 Å². The number of nitrogen functional groups attached to an aromatic ring is 1. The summed E-state index contributed by atoms with van der Waals surface area (Å²) in [5, 5.41) is 2.86. The molecule has 1 aliphatic heterocycles. The van der Waals surface area contributed by atoms with E-state index in [1.54, 1.807) is 18.1 Å². The van der Waals surface area contributed by atoms with E-state index in [1.807, 2.05) is 6.92 Å². The van der Waals surface area contributed by atoms with Gasteiger partial charge in [-0.2, -0.15) is 4.98 Å². The average Bonchev–Trinajstić information content (AvgIpc) is 2.56. The van der Waals surface area contributed by atoms with Crippen molar-refractivity contribution in [1.82, 2.24) is 9.97 Å². The first-order valence-corrected chi connectivity index (χ1v) is 7.23. The number of fused-ring (bicyclic) bond motifs is 1. The molecule has 0 bridgehead atoms. The summed E-state index contributed by atoms with van der Waals surface area (Å²) in [6.45, 7) is 2.63. The van der Waals surface area contributed by atoms with Crippen LogP contribution < -0.4 is 20.9 Å². The summed E-state index contributed by atoms with van der Waals surface area (Å²) in [6.07, 6.45) is 1.68. The van der Waals surface area contributed by atoms with Crippen molar-refractivity contribution >= 4 is 29.2 Å². The Morgan fingerprint density at radius 1 is 1.43 bits per heavy atom. The highest BCUT2D eigenvalue weighted by Crippen LogP contribution is 2.31. The zero-order valence-corrected chi connectivity index (χ0v) is 12.9. The summed E-state index contributed by atoms with van der Waals surface area (Å²) in [5.74, 6) is 0.533. The Bertz CT molecular complexity index is 766. The Morgan fingerprint density at radius 3 is 2.87 bits per heavy atom. The molecule has 7 nitrogen and oxygen atoms in total. The third-order valence-corrected chi connectivity index (χ3v) is 3.72. The van der Waals surface area contributed by atoms with Crippen molar-refractivity contribution in [2.24, 2.45) is 0 Å². The van der Waals surface area contributed by atoms with E-state index in [1.165, 1.54) is 23.1 Å². The van der Waals surface area contributed by atoms with Crippen molar-refractivity contribution in [2.45, 2.75) is 13.5 Å². The number of anilines is 4. The van der Waals surface area contributed by atoms with E-state index < -0.39 is 5.82 Å². The van der Waals surface area contributed by atoms with Crippen molar-refractivity contribution in [1.29, 1.82) is 0 Å². The number of halogens is 1. The molecule has 0 fully saturated rings. The van der Waals surface area contributed by atoms with Gasteiger partial charge in [-0.15, -0.1) is 0 Å². The highest BCUT2D eigenvalue weighted by atomic mass is 19.1. The molecule has 0 radical (unpaired) electrons. The van der Waals surface area contributed by atoms with Gasteiger partial charge in [-0.25, -0.2) is 14.2 Å². The van der Waals surface area contributed by atoms with Crippen molar-refractivity contribution < 1.29 is 9.18 Å². The number of aromatic nitrogens is 2. The second-order valence-electron chi connectivity index (χ2n) is 5.11. The fourth-order valence-corrected chi connectivity index (χ4v) is 2.52. The maximum atomic E-state index is 13.4. The van der Waals surface area contributed by atoms with Crippen LogP contribution in [0.25, 0.3) is 0 Å². The van der Waals surface area contributed by atoms with Crippen molar-refractivity contribution in [3.8, 4) is 0 Å². The first-order chi connectivity index (χ1) is 11.0. The molecule has 1 aliphatic rings. The number of benzene rings is 1. The predicted molar refractivity (Wildman–Crippen MR) is 87.0 cm³/mol. The number of hydrogen-bond acceptors (Lipinski definition) is 5. The SMILES string of the molecule is CCN1C(=O)N(c2ccc(F)c(N)c2)Cc2cnc(NC)nc21. The van der Waals surface area contributed by atoms with Crippen LogP contribution in [0.1, 0.15) is 12.5 Å². The number of urea groups is 1. The van der Waals surface area contributed by atoms with Crippen molar-refractivity contribution in [2.75, 3.05) is 34.4 Å². The van der Waals surface area contributed by atoms with E-state index in [0.717, 1.165) is 5.56 Å². The number of nitrogens with one attached hydrogen (secondary N) is 1. The molecule has 2 aromatic rings. The standard InChI is InChI=1S/C15H17FN6O/c1-3-21-13-9(7-19-14(18-2)20-13)8-22(15(21)23)10-4-5-11(16)12(17)6-10/h4-7H,3,8,17H2,1-2H3,(H,18,19,20). The van der Waals surface area contributed by atoms with E-state index >= 15 is 0 Å². The van der Waals surface area contributed by atoms with E-state index in [9.17, 15) is 9.18 Å². The van der Waals surface area contributed by atoms with E-state index in [0.29, 0.717) is 30.5 Å². The number of carbonyl (C=O) groups excluding carboxylic acids is 1. The van der Waals surface area contributed by atoms with Gasteiger partial charge in [0.2, 0.25) is 5.95 Å². The first kappa shape index (κ1) is 15.0. The van der Waals surface area contributed by atoms with Gasteiger partial charge in [0, 0.05) is 31.0 Å². The van der Waals surface area contributed by atoms with Gasteiger partial charge in [0.05, 0.1) is 12.2 Å². The third-order valence-electron chi connectivity index (χ3n) is 3.72. The van der Waals surface area contributed by atoms with E-state index in [-0.39, 0.29) is 11.7 Å². The second-order valence-corrected chi connectivity index (χ2v) is 5.11. The van der Waals surface area contributed by atoms with Gasteiger partial charge in [0.25, 0.3) is 0 Å². The molecular weight excluding hydrogens is 299 g/mol. The molecule has 0 unspecified atom stereocenters. The van der Waals surface area contributed by atoms with Crippen LogP contribution in [0.5, 0.6) is 0 Å². The number of rotatable bonds is 3. The highest BCUT2D eigenvalue weighted by molar-refractivity contribution is 6.05. The lowest BCUT2D eigenvalue weighted by Crippen LogP contribution is -2.48. The molecule has 1 aromatic carbocycles. The Kier molecular flexibility index (Phi) is 3.73. The molecular formula is C15H17FN6O. The molecule has 120 valence electrons. The maximum absolute atomic E-state index is 13.4. The largest absolute Gasteiger partial charge is 0.396 e. The van der Waals surface area contributed by atoms with Gasteiger partial charge in [0.1, 0.15) is 11.6 Å². The van der Waals surface area contributed by atoms with Crippen LogP contribution in [0.15, 0.2) is 24.4 Å². The van der Waals surface area contributed by atoms with E-state index in [4.69, 9.17) is 5.73 Å². The zero-order chi connectivity index (χ0) is 16.6. The van der Waals surface area contributed by atoms with Crippen LogP contribution in [-0.4, -0.2) is 29.6 Å². The van der Waals surface area contributed by atoms with Crippen LogP contribution in [-0.2, 0) is 6.54 Å².